The van der Waals surface area contributed by atoms with Crippen LogP contribution in [0.5, 0.6) is 5.75 Å². The lowest BCUT2D eigenvalue weighted by molar-refractivity contribution is -0.329. The van der Waals surface area contributed by atoms with E-state index in [4.69, 9.17) is 9.68 Å². The molecule has 0 saturated carbocycles. The standard InChI is InChI=1S/C10H13BF3NO3/c1-9(2,6-17-10(12,13)14)7-3-8(18-11-16)5-15-4-7/h3-5,11,16H,6H2,1-2H3. The smallest absolute Gasteiger partial charge is 0.522 e. The Morgan fingerprint density at radius 2 is 2.00 bits per heavy atom. The van der Waals surface area contributed by atoms with Crippen LogP contribution in [0.3, 0.4) is 0 Å². The molecule has 0 atom stereocenters. The zero-order valence-electron chi connectivity index (χ0n) is 9.99. The molecule has 0 radical (unpaired) electrons. The number of rotatable bonds is 5. The van der Waals surface area contributed by atoms with Crippen LogP contribution in [-0.2, 0) is 10.2 Å². The topological polar surface area (TPSA) is 51.6 Å². The zero-order valence-corrected chi connectivity index (χ0v) is 9.99. The van der Waals surface area contributed by atoms with Gasteiger partial charge in [-0.3, -0.25) is 9.72 Å². The largest absolute Gasteiger partial charge is 0.538 e. The third kappa shape index (κ3) is 4.54. The lowest BCUT2D eigenvalue weighted by Crippen LogP contribution is -2.29. The Hall–Kier alpha value is -1.28. The van der Waals surface area contributed by atoms with Gasteiger partial charge in [0, 0.05) is 11.6 Å². The molecule has 1 rings (SSSR count). The number of halogens is 3. The van der Waals surface area contributed by atoms with Crippen molar-refractivity contribution in [2.45, 2.75) is 25.6 Å². The maximum absolute atomic E-state index is 12.0. The molecule has 8 heteroatoms. The van der Waals surface area contributed by atoms with Gasteiger partial charge in [0.25, 0.3) is 0 Å². The molecule has 1 N–H and O–H groups in total. The second-order valence-electron chi connectivity index (χ2n) is 4.30. The normalized spacial score (nSPS) is 12.3. The van der Waals surface area contributed by atoms with Gasteiger partial charge >= 0.3 is 14.0 Å². The van der Waals surface area contributed by atoms with E-state index in [0.29, 0.717) is 5.56 Å². The maximum Gasteiger partial charge on any atom is 0.522 e. The first-order chi connectivity index (χ1) is 8.24. The summed E-state index contributed by atoms with van der Waals surface area (Å²) in [5.41, 5.74) is -0.352. The second-order valence-corrected chi connectivity index (χ2v) is 4.30. The monoisotopic (exact) mass is 263 g/mol. The number of aromatic nitrogens is 1. The predicted octanol–water partition coefficient (Wildman–Crippen LogP) is 1.53. The van der Waals surface area contributed by atoms with Gasteiger partial charge in [-0.1, -0.05) is 13.8 Å². The average molecular weight is 263 g/mol. The minimum atomic E-state index is -4.66. The summed E-state index contributed by atoms with van der Waals surface area (Å²) in [7, 11) is -0.523. The van der Waals surface area contributed by atoms with Crippen molar-refractivity contribution in [3.05, 3.63) is 24.0 Å². The van der Waals surface area contributed by atoms with Crippen LogP contribution in [0, 0.1) is 0 Å². The Morgan fingerprint density at radius 3 is 2.56 bits per heavy atom. The van der Waals surface area contributed by atoms with Crippen LogP contribution in [0.1, 0.15) is 19.4 Å². The molecule has 0 aliphatic rings. The molecule has 1 aromatic heterocycles. The van der Waals surface area contributed by atoms with Crippen molar-refractivity contribution in [1.82, 2.24) is 4.98 Å². The number of hydrogen-bond acceptors (Lipinski definition) is 4. The summed E-state index contributed by atoms with van der Waals surface area (Å²) < 4.78 is 44.7. The third-order valence-corrected chi connectivity index (χ3v) is 2.32. The van der Waals surface area contributed by atoms with Crippen LogP contribution in [-0.4, -0.2) is 30.7 Å². The lowest BCUT2D eigenvalue weighted by atomic mass is 9.86. The van der Waals surface area contributed by atoms with E-state index in [1.807, 2.05) is 0 Å². The molecule has 0 spiro atoms. The molecule has 0 saturated heterocycles. The molecule has 18 heavy (non-hydrogen) atoms. The summed E-state index contributed by atoms with van der Waals surface area (Å²) in [5, 5.41) is 8.60. The first-order valence-electron chi connectivity index (χ1n) is 5.14. The molecule has 0 aromatic carbocycles. The Balaban J connectivity index is 2.80. The van der Waals surface area contributed by atoms with Gasteiger partial charge in [0.15, 0.2) is 0 Å². The fourth-order valence-corrected chi connectivity index (χ4v) is 1.29. The molecule has 100 valence electrons. The van der Waals surface area contributed by atoms with Crippen molar-refractivity contribution in [1.29, 1.82) is 0 Å². The highest BCUT2D eigenvalue weighted by atomic mass is 19.4. The van der Waals surface area contributed by atoms with E-state index in [-0.39, 0.29) is 5.75 Å². The van der Waals surface area contributed by atoms with Gasteiger partial charge in [0.2, 0.25) is 0 Å². The van der Waals surface area contributed by atoms with Crippen molar-refractivity contribution in [2.75, 3.05) is 6.61 Å². The van der Waals surface area contributed by atoms with Gasteiger partial charge in [-0.25, -0.2) is 0 Å². The maximum atomic E-state index is 12.0. The summed E-state index contributed by atoms with van der Waals surface area (Å²) >= 11 is 0. The molecule has 0 fully saturated rings. The van der Waals surface area contributed by atoms with E-state index in [1.165, 1.54) is 18.5 Å². The fraction of sp³-hybridized carbons (Fsp3) is 0.500. The lowest BCUT2D eigenvalue weighted by Gasteiger charge is -2.25. The van der Waals surface area contributed by atoms with Gasteiger partial charge in [0.05, 0.1) is 12.8 Å². The van der Waals surface area contributed by atoms with Gasteiger partial charge in [-0.2, -0.15) is 0 Å². The Kier molecular flexibility index (Phi) is 4.58. The van der Waals surface area contributed by atoms with Gasteiger partial charge in [-0.15, -0.1) is 13.2 Å². The van der Waals surface area contributed by atoms with Crippen molar-refractivity contribution < 1.29 is 27.6 Å². The van der Waals surface area contributed by atoms with Crippen LogP contribution < -0.4 is 4.65 Å². The zero-order chi connectivity index (χ0) is 13.8. The molecule has 0 amide bonds. The number of alkyl halides is 3. The van der Waals surface area contributed by atoms with Crippen LogP contribution >= 0.6 is 0 Å². The second kappa shape index (κ2) is 5.58. The fourth-order valence-electron chi connectivity index (χ4n) is 1.29. The van der Waals surface area contributed by atoms with Crippen molar-refractivity contribution >= 4 is 7.69 Å². The highest BCUT2D eigenvalue weighted by molar-refractivity contribution is 6.17. The van der Waals surface area contributed by atoms with Crippen LogP contribution in [0.2, 0.25) is 0 Å². The Morgan fingerprint density at radius 1 is 1.33 bits per heavy atom. The van der Waals surface area contributed by atoms with Crippen molar-refractivity contribution in [3.63, 3.8) is 0 Å². The molecule has 1 heterocycles. The van der Waals surface area contributed by atoms with E-state index < -0.39 is 26.1 Å². The predicted molar refractivity (Wildman–Crippen MR) is 59.3 cm³/mol. The summed E-state index contributed by atoms with van der Waals surface area (Å²) in [4.78, 5) is 3.84. The summed E-state index contributed by atoms with van der Waals surface area (Å²) in [6.45, 7) is 2.66. The van der Waals surface area contributed by atoms with E-state index in [1.54, 1.807) is 13.8 Å². The molecule has 0 unspecified atom stereocenters. The summed E-state index contributed by atoms with van der Waals surface area (Å²) in [5.74, 6) is 0.287. The molecule has 0 aliphatic carbocycles. The Bertz CT molecular complexity index is 398. The van der Waals surface area contributed by atoms with Crippen LogP contribution in [0.15, 0.2) is 18.5 Å². The first kappa shape index (κ1) is 14.8. The average Bonchev–Trinajstić information content (AvgIpc) is 2.27. The quantitative estimate of drug-likeness (QED) is 0.818. The third-order valence-electron chi connectivity index (χ3n) is 2.32. The van der Waals surface area contributed by atoms with Crippen molar-refractivity contribution in [2.24, 2.45) is 0 Å². The SMILES string of the molecule is CC(C)(COC(F)(F)F)c1cncc(OBO)c1. The number of hydrogen-bond donors (Lipinski definition) is 1. The number of nitrogens with zero attached hydrogens (tertiary/aromatic N) is 1. The molecule has 4 nitrogen and oxygen atoms in total. The summed E-state index contributed by atoms with van der Waals surface area (Å²) in [6, 6.07) is 1.52. The van der Waals surface area contributed by atoms with E-state index in [0.717, 1.165) is 0 Å². The van der Waals surface area contributed by atoms with Crippen molar-refractivity contribution in [3.8, 4) is 5.75 Å². The first-order valence-corrected chi connectivity index (χ1v) is 5.14. The van der Waals surface area contributed by atoms with Gasteiger partial charge in [0.1, 0.15) is 5.75 Å². The molecule has 0 bridgehead atoms. The molecular weight excluding hydrogens is 250 g/mol. The molecule has 1 aromatic rings. The highest BCUT2D eigenvalue weighted by Gasteiger charge is 2.33. The summed E-state index contributed by atoms with van der Waals surface area (Å²) in [6.07, 6.45) is -1.87. The number of pyridine rings is 1. The minimum absolute atomic E-state index is 0.287. The van der Waals surface area contributed by atoms with Gasteiger partial charge < -0.3 is 9.68 Å². The van der Waals surface area contributed by atoms with Gasteiger partial charge in [-0.05, 0) is 11.6 Å². The van der Waals surface area contributed by atoms with E-state index in [2.05, 4.69) is 9.72 Å². The highest BCUT2D eigenvalue weighted by Crippen LogP contribution is 2.28. The van der Waals surface area contributed by atoms with Crippen LogP contribution in [0.4, 0.5) is 13.2 Å². The molecular formula is C10H13BF3NO3. The van der Waals surface area contributed by atoms with E-state index in [9.17, 15) is 13.2 Å². The number of ether oxygens (including phenoxy) is 1. The minimum Gasteiger partial charge on any atom is -0.538 e. The Labute approximate surface area is 103 Å². The van der Waals surface area contributed by atoms with E-state index >= 15 is 0 Å². The molecule has 0 aliphatic heterocycles. The van der Waals surface area contributed by atoms with Crippen LogP contribution in [0.25, 0.3) is 0 Å².